The Morgan fingerprint density at radius 3 is 2.07 bits per heavy atom. The number of piperidine rings is 1. The molecule has 2 aliphatic rings. The van der Waals surface area contributed by atoms with Gasteiger partial charge in [-0.2, -0.15) is 0 Å². The first kappa shape index (κ1) is 13.9. The van der Waals surface area contributed by atoms with Gasteiger partial charge in [-0.1, -0.05) is 21.3 Å². The van der Waals surface area contributed by atoms with Crippen molar-refractivity contribution in [1.29, 1.82) is 0 Å². The molecule has 0 aliphatic carbocycles. The molecule has 0 bridgehead atoms. The summed E-state index contributed by atoms with van der Waals surface area (Å²) >= 11 is 0. The lowest BCUT2D eigenvalue weighted by Crippen LogP contribution is -2.53. The summed E-state index contributed by atoms with van der Waals surface area (Å²) < 4.78 is 5.14. The van der Waals surface area contributed by atoms with Crippen LogP contribution in [0.15, 0.2) is 0 Å². The number of hydrogen-bond donors (Lipinski definition) is 1. The average molecular weight is 204 g/mol. The van der Waals surface area contributed by atoms with Gasteiger partial charge in [0.05, 0.1) is 19.3 Å². The molecule has 2 N–H and O–H groups in total. The Labute approximate surface area is 90.1 Å². The molecule has 0 amide bonds. The summed E-state index contributed by atoms with van der Waals surface area (Å²) in [5.41, 5.74) is 5.80. The second kappa shape index (κ2) is 7.21. The molecular formula is C11H28N2O. The zero-order valence-electron chi connectivity index (χ0n) is 8.83. The molecule has 2 fully saturated rings. The van der Waals surface area contributed by atoms with E-state index >= 15 is 0 Å². The molecular weight excluding hydrogens is 176 g/mol. The average Bonchev–Trinajstić information content (AvgIpc) is 2.09. The maximum absolute atomic E-state index is 5.80. The molecule has 2 rings (SSSR count). The molecule has 3 heteroatoms. The first-order chi connectivity index (χ1) is 6.36. The highest BCUT2D eigenvalue weighted by atomic mass is 16.5. The molecule has 88 valence electrons. The fourth-order valence-corrected chi connectivity index (χ4v) is 1.72. The summed E-state index contributed by atoms with van der Waals surface area (Å²) in [6.07, 6.45) is 2.33. The van der Waals surface area contributed by atoms with Crippen molar-refractivity contribution in [3.8, 4) is 0 Å². The van der Waals surface area contributed by atoms with Crippen LogP contribution in [0.3, 0.4) is 0 Å². The lowest BCUT2D eigenvalue weighted by Gasteiger charge is -2.40. The van der Waals surface area contributed by atoms with E-state index in [0.717, 1.165) is 26.1 Å². The summed E-state index contributed by atoms with van der Waals surface area (Å²) in [6.45, 7) is 8.23. The van der Waals surface area contributed by atoms with Gasteiger partial charge in [0.25, 0.3) is 0 Å². The molecule has 0 atom stereocenters. The number of likely N-dealkylation sites (tertiary alicyclic amines) is 1. The van der Waals surface area contributed by atoms with Gasteiger partial charge in [-0.05, 0) is 12.8 Å². The summed E-state index contributed by atoms with van der Waals surface area (Å²) in [5.74, 6) is 0. The summed E-state index contributed by atoms with van der Waals surface area (Å²) in [4.78, 5) is 2.51. The Bertz CT molecular complexity index is 135. The minimum atomic E-state index is 0. The van der Waals surface area contributed by atoms with E-state index in [9.17, 15) is 0 Å². The second-order valence-electron chi connectivity index (χ2n) is 3.56. The van der Waals surface area contributed by atoms with Gasteiger partial charge in [0.1, 0.15) is 0 Å². The molecule has 0 aromatic heterocycles. The zero-order chi connectivity index (χ0) is 9.68. The standard InChI is InChI=1S/C8H16N2O.C2H6.CH4.H2/c9-7-1-3-10(4-2-7)8-5-11-6-8;1-2;;/h7-8H,1-6,9H2;1-2H3;1H4;1H. The van der Waals surface area contributed by atoms with E-state index in [1.54, 1.807) is 0 Å². The molecule has 3 nitrogen and oxygen atoms in total. The van der Waals surface area contributed by atoms with Gasteiger partial charge in [-0.15, -0.1) is 0 Å². The summed E-state index contributed by atoms with van der Waals surface area (Å²) in [5, 5.41) is 0. The van der Waals surface area contributed by atoms with Crippen molar-refractivity contribution in [3.63, 3.8) is 0 Å². The smallest absolute Gasteiger partial charge is 0.0645 e. The highest BCUT2D eigenvalue weighted by molar-refractivity contribution is 4.82. The Hall–Kier alpha value is -0.120. The molecule has 2 aliphatic heterocycles. The Balaban J connectivity index is 0. The van der Waals surface area contributed by atoms with Crippen LogP contribution in [-0.4, -0.2) is 43.3 Å². The lowest BCUT2D eigenvalue weighted by atomic mass is 10.0. The van der Waals surface area contributed by atoms with Gasteiger partial charge >= 0.3 is 0 Å². The van der Waals surface area contributed by atoms with Crippen LogP contribution < -0.4 is 5.73 Å². The van der Waals surface area contributed by atoms with Gasteiger partial charge in [-0.3, -0.25) is 4.90 Å². The number of nitrogens with two attached hydrogens (primary N) is 1. The Kier molecular flexibility index (Phi) is 7.15. The van der Waals surface area contributed by atoms with E-state index in [2.05, 4.69) is 4.90 Å². The zero-order valence-corrected chi connectivity index (χ0v) is 8.83. The molecule has 0 saturated carbocycles. The van der Waals surface area contributed by atoms with Crippen LogP contribution in [0.1, 0.15) is 35.5 Å². The summed E-state index contributed by atoms with van der Waals surface area (Å²) in [7, 11) is 0. The predicted molar refractivity (Wildman–Crippen MR) is 63.6 cm³/mol. The topological polar surface area (TPSA) is 38.5 Å². The third-order valence-electron chi connectivity index (χ3n) is 2.71. The van der Waals surface area contributed by atoms with Gasteiger partial charge in [0, 0.05) is 20.6 Å². The molecule has 2 heterocycles. The SMILES string of the molecule is C.CC.NC1CCN(C2COC2)CC1.[HH]. The van der Waals surface area contributed by atoms with E-state index < -0.39 is 0 Å². The maximum atomic E-state index is 5.80. The fraction of sp³-hybridized carbons (Fsp3) is 1.00. The number of nitrogens with zero attached hydrogens (tertiary/aromatic N) is 1. The van der Waals surface area contributed by atoms with Crippen molar-refractivity contribution >= 4 is 0 Å². The van der Waals surface area contributed by atoms with Crippen LogP contribution in [0.2, 0.25) is 0 Å². The normalized spacial score (nSPS) is 24.2. The monoisotopic (exact) mass is 204 g/mol. The molecule has 0 radical (unpaired) electrons. The highest BCUT2D eigenvalue weighted by Crippen LogP contribution is 2.16. The van der Waals surface area contributed by atoms with Crippen molar-refractivity contribution in [3.05, 3.63) is 0 Å². The van der Waals surface area contributed by atoms with Crippen LogP contribution in [0.25, 0.3) is 0 Å². The van der Waals surface area contributed by atoms with Crippen LogP contribution in [-0.2, 0) is 4.74 Å². The number of ether oxygens (including phenoxy) is 1. The van der Waals surface area contributed by atoms with Crippen molar-refractivity contribution in [2.75, 3.05) is 26.3 Å². The van der Waals surface area contributed by atoms with Gasteiger partial charge in [0.15, 0.2) is 0 Å². The maximum Gasteiger partial charge on any atom is 0.0645 e. The van der Waals surface area contributed by atoms with Gasteiger partial charge < -0.3 is 10.5 Å². The van der Waals surface area contributed by atoms with Crippen LogP contribution in [0.5, 0.6) is 0 Å². The van der Waals surface area contributed by atoms with E-state index in [-0.39, 0.29) is 8.85 Å². The van der Waals surface area contributed by atoms with Crippen molar-refractivity contribution in [1.82, 2.24) is 4.90 Å². The molecule has 0 spiro atoms. The number of hydrogen-bond acceptors (Lipinski definition) is 3. The minimum absolute atomic E-state index is 0. The lowest BCUT2D eigenvalue weighted by molar-refractivity contribution is -0.0710. The van der Waals surface area contributed by atoms with Crippen LogP contribution in [0.4, 0.5) is 0 Å². The fourth-order valence-electron chi connectivity index (χ4n) is 1.72. The number of rotatable bonds is 1. The predicted octanol–water partition coefficient (Wildman–Crippen LogP) is 1.72. The van der Waals surface area contributed by atoms with Gasteiger partial charge in [-0.25, -0.2) is 0 Å². The molecule has 0 unspecified atom stereocenters. The van der Waals surface area contributed by atoms with Crippen molar-refractivity contribution < 1.29 is 6.16 Å². The third kappa shape index (κ3) is 3.56. The Morgan fingerprint density at radius 2 is 1.71 bits per heavy atom. The van der Waals surface area contributed by atoms with Gasteiger partial charge in [0.2, 0.25) is 0 Å². The largest absolute Gasteiger partial charge is 0.378 e. The quantitative estimate of drug-likeness (QED) is 0.707. The van der Waals surface area contributed by atoms with E-state index in [0.29, 0.717) is 12.1 Å². The Morgan fingerprint density at radius 1 is 1.21 bits per heavy atom. The molecule has 2 saturated heterocycles. The molecule has 14 heavy (non-hydrogen) atoms. The summed E-state index contributed by atoms with van der Waals surface area (Å²) in [6, 6.07) is 1.16. The second-order valence-corrected chi connectivity index (χ2v) is 3.56. The molecule has 0 aromatic rings. The first-order valence-electron chi connectivity index (χ1n) is 5.43. The van der Waals surface area contributed by atoms with E-state index in [1.165, 1.54) is 13.1 Å². The first-order valence-corrected chi connectivity index (χ1v) is 5.43. The molecule has 0 aromatic carbocycles. The van der Waals surface area contributed by atoms with Crippen molar-refractivity contribution in [2.24, 2.45) is 5.73 Å². The third-order valence-corrected chi connectivity index (χ3v) is 2.71. The minimum Gasteiger partial charge on any atom is -0.378 e. The van der Waals surface area contributed by atoms with Crippen LogP contribution >= 0.6 is 0 Å². The van der Waals surface area contributed by atoms with Crippen LogP contribution in [0, 0.1) is 0 Å². The highest BCUT2D eigenvalue weighted by Gasteiger charge is 2.28. The van der Waals surface area contributed by atoms with E-state index in [1.807, 2.05) is 13.8 Å². The van der Waals surface area contributed by atoms with E-state index in [4.69, 9.17) is 10.5 Å². The van der Waals surface area contributed by atoms with Crippen molar-refractivity contribution in [2.45, 2.75) is 46.2 Å².